The first kappa shape index (κ1) is 14.1. The molecule has 0 aliphatic carbocycles. The lowest BCUT2D eigenvalue weighted by molar-refractivity contribution is 0.239. The van der Waals surface area contributed by atoms with Crippen LogP contribution in [-0.4, -0.2) is 6.10 Å². The molecule has 0 aromatic heterocycles. The zero-order valence-corrected chi connectivity index (χ0v) is 12.7. The van der Waals surface area contributed by atoms with Gasteiger partial charge in [0.25, 0.3) is 0 Å². The third kappa shape index (κ3) is 3.58. The van der Waals surface area contributed by atoms with Gasteiger partial charge < -0.3 is 10.5 Å². The number of halogens is 1. The van der Waals surface area contributed by atoms with Gasteiger partial charge in [-0.25, -0.2) is 0 Å². The van der Waals surface area contributed by atoms with Crippen LogP contribution in [0.4, 0.5) is 0 Å². The molecule has 0 heterocycles. The molecule has 100 valence electrons. The minimum Gasteiger partial charge on any atom is -0.491 e. The second-order valence-corrected chi connectivity index (χ2v) is 5.65. The van der Waals surface area contributed by atoms with Gasteiger partial charge >= 0.3 is 0 Å². The summed E-state index contributed by atoms with van der Waals surface area (Å²) in [6.07, 6.45) is 0.137. The van der Waals surface area contributed by atoms with Gasteiger partial charge in [-0.05, 0) is 37.6 Å². The van der Waals surface area contributed by atoms with Gasteiger partial charge in [0, 0.05) is 10.0 Å². The normalized spacial score (nSPS) is 12.5. The topological polar surface area (TPSA) is 35.2 Å². The summed E-state index contributed by atoms with van der Waals surface area (Å²) in [6, 6.07) is 15.8. The van der Waals surface area contributed by atoms with Crippen molar-refractivity contribution in [2.75, 3.05) is 0 Å². The average molecular weight is 320 g/mol. The van der Waals surface area contributed by atoms with Crippen LogP contribution in [-0.2, 0) is 0 Å². The molecule has 2 aromatic rings. The van der Waals surface area contributed by atoms with Crippen LogP contribution in [0.5, 0.6) is 5.75 Å². The molecule has 0 saturated carbocycles. The standard InChI is InChI=1S/C16H18BrNO/c1-11(2)19-15-6-4-3-5-14(15)16(18)12-7-9-13(17)10-8-12/h3-11,16H,18H2,1-2H3. The molecule has 0 spiro atoms. The number of rotatable bonds is 4. The molecule has 0 bridgehead atoms. The van der Waals surface area contributed by atoms with E-state index in [0.717, 1.165) is 21.3 Å². The summed E-state index contributed by atoms with van der Waals surface area (Å²) in [4.78, 5) is 0. The maximum absolute atomic E-state index is 6.35. The Bertz CT molecular complexity index is 537. The third-order valence-corrected chi connectivity index (χ3v) is 3.37. The van der Waals surface area contributed by atoms with Crippen LogP contribution in [0.1, 0.15) is 31.0 Å². The maximum Gasteiger partial charge on any atom is 0.124 e. The van der Waals surface area contributed by atoms with Gasteiger partial charge in [0.2, 0.25) is 0 Å². The molecule has 2 N–H and O–H groups in total. The summed E-state index contributed by atoms with van der Waals surface area (Å²) in [5.74, 6) is 0.855. The number of ether oxygens (including phenoxy) is 1. The van der Waals surface area contributed by atoms with E-state index in [1.54, 1.807) is 0 Å². The smallest absolute Gasteiger partial charge is 0.124 e. The number of para-hydroxylation sites is 1. The van der Waals surface area contributed by atoms with Crippen LogP contribution < -0.4 is 10.5 Å². The number of nitrogens with two attached hydrogens (primary N) is 1. The lowest BCUT2D eigenvalue weighted by Crippen LogP contribution is -2.15. The van der Waals surface area contributed by atoms with Gasteiger partial charge in [-0.3, -0.25) is 0 Å². The fraction of sp³-hybridized carbons (Fsp3) is 0.250. The van der Waals surface area contributed by atoms with Crippen molar-refractivity contribution >= 4 is 15.9 Å². The van der Waals surface area contributed by atoms with Crippen LogP contribution in [0.3, 0.4) is 0 Å². The SMILES string of the molecule is CC(C)Oc1ccccc1C(N)c1ccc(Br)cc1. The van der Waals surface area contributed by atoms with Crippen molar-refractivity contribution in [2.45, 2.75) is 26.0 Å². The summed E-state index contributed by atoms with van der Waals surface area (Å²) in [7, 11) is 0. The molecule has 19 heavy (non-hydrogen) atoms. The van der Waals surface area contributed by atoms with Crippen molar-refractivity contribution < 1.29 is 4.74 Å². The Morgan fingerprint density at radius 3 is 2.26 bits per heavy atom. The number of hydrogen-bond donors (Lipinski definition) is 1. The van der Waals surface area contributed by atoms with Crippen LogP contribution in [0, 0.1) is 0 Å². The summed E-state index contributed by atoms with van der Waals surface area (Å²) < 4.78 is 6.87. The van der Waals surface area contributed by atoms with Crippen LogP contribution in [0.2, 0.25) is 0 Å². The minimum absolute atomic E-state index is 0.137. The quantitative estimate of drug-likeness (QED) is 0.912. The molecule has 1 atom stereocenters. The summed E-state index contributed by atoms with van der Waals surface area (Å²) in [5.41, 5.74) is 8.43. The second kappa shape index (κ2) is 6.22. The summed E-state index contributed by atoms with van der Waals surface area (Å²) in [6.45, 7) is 4.03. The fourth-order valence-corrected chi connectivity index (χ4v) is 2.21. The van der Waals surface area contributed by atoms with E-state index in [0.29, 0.717) is 0 Å². The van der Waals surface area contributed by atoms with Crippen molar-refractivity contribution in [3.63, 3.8) is 0 Å². The van der Waals surface area contributed by atoms with Gasteiger partial charge in [0.05, 0.1) is 12.1 Å². The van der Waals surface area contributed by atoms with E-state index >= 15 is 0 Å². The monoisotopic (exact) mass is 319 g/mol. The van der Waals surface area contributed by atoms with Crippen molar-refractivity contribution in [3.05, 3.63) is 64.1 Å². The van der Waals surface area contributed by atoms with Crippen molar-refractivity contribution in [3.8, 4) is 5.75 Å². The van der Waals surface area contributed by atoms with Gasteiger partial charge in [0.1, 0.15) is 5.75 Å². The van der Waals surface area contributed by atoms with Crippen LogP contribution in [0.25, 0.3) is 0 Å². The summed E-state index contributed by atoms with van der Waals surface area (Å²) >= 11 is 3.43. The van der Waals surface area contributed by atoms with E-state index in [1.165, 1.54) is 0 Å². The first-order valence-electron chi connectivity index (χ1n) is 6.34. The lowest BCUT2D eigenvalue weighted by Gasteiger charge is -2.19. The van der Waals surface area contributed by atoms with E-state index < -0.39 is 0 Å². The van der Waals surface area contributed by atoms with Gasteiger partial charge in [-0.1, -0.05) is 46.3 Å². The Labute approximate surface area is 122 Å². The second-order valence-electron chi connectivity index (χ2n) is 4.73. The highest BCUT2D eigenvalue weighted by molar-refractivity contribution is 9.10. The minimum atomic E-state index is -0.178. The Morgan fingerprint density at radius 2 is 1.63 bits per heavy atom. The van der Waals surface area contributed by atoms with Crippen LogP contribution in [0.15, 0.2) is 53.0 Å². The molecule has 2 rings (SSSR count). The molecule has 3 heteroatoms. The Kier molecular flexibility index (Phi) is 4.61. The van der Waals surface area contributed by atoms with Crippen LogP contribution >= 0.6 is 15.9 Å². The zero-order chi connectivity index (χ0) is 13.8. The van der Waals surface area contributed by atoms with Crippen molar-refractivity contribution in [1.82, 2.24) is 0 Å². The molecular formula is C16H18BrNO. The van der Waals surface area contributed by atoms with Crippen molar-refractivity contribution in [1.29, 1.82) is 0 Å². The molecule has 0 saturated heterocycles. The fourth-order valence-electron chi connectivity index (χ4n) is 1.95. The first-order valence-corrected chi connectivity index (χ1v) is 7.14. The average Bonchev–Trinajstić information content (AvgIpc) is 2.39. The largest absolute Gasteiger partial charge is 0.491 e. The molecule has 0 aliphatic heterocycles. The molecular weight excluding hydrogens is 302 g/mol. The van der Waals surface area contributed by atoms with Gasteiger partial charge in [-0.2, -0.15) is 0 Å². The molecule has 1 unspecified atom stereocenters. The highest BCUT2D eigenvalue weighted by Crippen LogP contribution is 2.29. The predicted octanol–water partition coefficient (Wildman–Crippen LogP) is 4.28. The van der Waals surface area contributed by atoms with E-state index in [-0.39, 0.29) is 12.1 Å². The third-order valence-electron chi connectivity index (χ3n) is 2.85. The molecule has 0 amide bonds. The van der Waals surface area contributed by atoms with Gasteiger partial charge in [0.15, 0.2) is 0 Å². The molecule has 0 aliphatic rings. The molecule has 2 aromatic carbocycles. The highest BCUT2D eigenvalue weighted by Gasteiger charge is 2.14. The molecule has 0 fully saturated rings. The summed E-state index contributed by atoms with van der Waals surface area (Å²) in [5, 5.41) is 0. The van der Waals surface area contributed by atoms with Gasteiger partial charge in [-0.15, -0.1) is 0 Å². The van der Waals surface area contributed by atoms with Crippen molar-refractivity contribution in [2.24, 2.45) is 5.73 Å². The Morgan fingerprint density at radius 1 is 1.00 bits per heavy atom. The number of hydrogen-bond acceptors (Lipinski definition) is 2. The lowest BCUT2D eigenvalue weighted by atomic mass is 9.99. The van der Waals surface area contributed by atoms with E-state index in [9.17, 15) is 0 Å². The highest BCUT2D eigenvalue weighted by atomic mass is 79.9. The Balaban J connectivity index is 2.32. The van der Waals surface area contributed by atoms with E-state index in [2.05, 4.69) is 15.9 Å². The van der Waals surface area contributed by atoms with E-state index in [1.807, 2.05) is 62.4 Å². The number of benzene rings is 2. The zero-order valence-electron chi connectivity index (χ0n) is 11.1. The molecule has 0 radical (unpaired) electrons. The first-order chi connectivity index (χ1) is 9.08. The Hall–Kier alpha value is -1.32. The predicted molar refractivity (Wildman–Crippen MR) is 82.4 cm³/mol. The van der Waals surface area contributed by atoms with E-state index in [4.69, 9.17) is 10.5 Å². The maximum atomic E-state index is 6.35. The molecule has 2 nitrogen and oxygen atoms in total.